The van der Waals surface area contributed by atoms with Crippen LogP contribution in [0.4, 0.5) is 0 Å². The van der Waals surface area contributed by atoms with Crippen molar-refractivity contribution in [2.45, 2.75) is 109 Å². The molecule has 1 nitrogen and oxygen atoms in total. The van der Waals surface area contributed by atoms with E-state index in [0.717, 1.165) is 0 Å². The quantitative estimate of drug-likeness (QED) is 0.180. The van der Waals surface area contributed by atoms with Gasteiger partial charge in [-0.25, -0.2) is 0 Å². The van der Waals surface area contributed by atoms with E-state index < -0.39 is 0 Å². The molecule has 1 aromatic rings. The van der Waals surface area contributed by atoms with Crippen molar-refractivity contribution in [2.24, 2.45) is 0 Å². The minimum atomic E-state index is 0.396. The summed E-state index contributed by atoms with van der Waals surface area (Å²) < 4.78 is 0. The molecule has 0 radical (unpaired) electrons. The summed E-state index contributed by atoms with van der Waals surface area (Å²) in [6.45, 7) is 2.29. The first kappa shape index (κ1) is 25.0. The van der Waals surface area contributed by atoms with Crippen molar-refractivity contribution < 1.29 is 0 Å². The van der Waals surface area contributed by atoms with Crippen LogP contribution in [0.15, 0.2) is 42.5 Å². The summed E-state index contributed by atoms with van der Waals surface area (Å²) in [5, 5.41) is 0. The van der Waals surface area contributed by atoms with E-state index in [1.165, 1.54) is 102 Å². The number of hydrogen-bond acceptors (Lipinski definition) is 1. The smallest absolute Gasteiger partial charge is 0.0526 e. The third-order valence-electron chi connectivity index (χ3n) is 5.74. The molecule has 0 saturated carbocycles. The first-order chi connectivity index (χ1) is 13.8. The summed E-state index contributed by atoms with van der Waals surface area (Å²) in [6, 6.07) is 11.2. The van der Waals surface area contributed by atoms with Gasteiger partial charge in [0.2, 0.25) is 0 Å². The Morgan fingerprint density at radius 3 is 1.61 bits per heavy atom. The van der Waals surface area contributed by atoms with E-state index in [1.807, 2.05) is 0 Å². The highest BCUT2D eigenvalue weighted by molar-refractivity contribution is 5.22. The standard InChI is InChI=1S/C27H47N/c1-4-5-6-7-8-9-10-11-12-13-14-15-16-17-18-22-25-27(28(2)3)26-23-20-19-21-24-26/h19-25,27H,4-18H2,1-3H3. The van der Waals surface area contributed by atoms with Crippen LogP contribution in [0.1, 0.15) is 115 Å². The molecular weight excluding hydrogens is 338 g/mol. The van der Waals surface area contributed by atoms with Crippen LogP contribution in [0, 0.1) is 0 Å². The van der Waals surface area contributed by atoms with Gasteiger partial charge in [0.25, 0.3) is 0 Å². The van der Waals surface area contributed by atoms with Gasteiger partial charge in [0, 0.05) is 0 Å². The van der Waals surface area contributed by atoms with Crippen molar-refractivity contribution in [1.82, 2.24) is 4.90 Å². The third kappa shape index (κ3) is 13.2. The number of benzene rings is 1. The predicted molar refractivity (Wildman–Crippen MR) is 127 cm³/mol. The van der Waals surface area contributed by atoms with Crippen LogP contribution in [-0.4, -0.2) is 19.0 Å². The van der Waals surface area contributed by atoms with Crippen LogP contribution in [0.3, 0.4) is 0 Å². The number of allylic oxidation sites excluding steroid dienone is 1. The van der Waals surface area contributed by atoms with E-state index >= 15 is 0 Å². The second-order valence-electron chi connectivity index (χ2n) is 8.63. The molecule has 160 valence electrons. The largest absolute Gasteiger partial charge is 0.299 e. The van der Waals surface area contributed by atoms with Crippen LogP contribution >= 0.6 is 0 Å². The van der Waals surface area contributed by atoms with Crippen molar-refractivity contribution in [3.05, 3.63) is 48.0 Å². The van der Waals surface area contributed by atoms with E-state index in [0.29, 0.717) is 6.04 Å². The fourth-order valence-electron chi connectivity index (χ4n) is 3.91. The summed E-state index contributed by atoms with van der Waals surface area (Å²) in [7, 11) is 4.32. The van der Waals surface area contributed by atoms with Crippen LogP contribution in [-0.2, 0) is 0 Å². The zero-order valence-corrected chi connectivity index (χ0v) is 19.2. The molecule has 0 N–H and O–H groups in total. The normalized spacial score (nSPS) is 12.9. The van der Waals surface area contributed by atoms with Crippen LogP contribution in [0.5, 0.6) is 0 Å². The van der Waals surface area contributed by atoms with Gasteiger partial charge >= 0.3 is 0 Å². The summed E-state index contributed by atoms with van der Waals surface area (Å²) in [4.78, 5) is 2.29. The van der Waals surface area contributed by atoms with Crippen LogP contribution < -0.4 is 0 Å². The second kappa shape index (κ2) is 18.0. The number of likely N-dealkylation sites (N-methyl/N-ethyl adjacent to an activating group) is 1. The number of rotatable bonds is 18. The van der Waals surface area contributed by atoms with Crippen molar-refractivity contribution in [3.8, 4) is 0 Å². The number of nitrogens with zero attached hydrogens (tertiary/aromatic N) is 1. The Morgan fingerprint density at radius 1 is 0.679 bits per heavy atom. The van der Waals surface area contributed by atoms with Gasteiger partial charge in [0.05, 0.1) is 6.04 Å². The molecule has 0 bridgehead atoms. The molecule has 0 fully saturated rings. The van der Waals surface area contributed by atoms with Gasteiger partial charge in [-0.1, -0.05) is 133 Å². The van der Waals surface area contributed by atoms with E-state index in [1.54, 1.807) is 0 Å². The molecule has 0 spiro atoms. The molecule has 1 aromatic carbocycles. The summed E-state index contributed by atoms with van der Waals surface area (Å²) in [6.07, 6.45) is 26.0. The Morgan fingerprint density at radius 2 is 1.14 bits per heavy atom. The highest BCUT2D eigenvalue weighted by Gasteiger charge is 2.08. The maximum Gasteiger partial charge on any atom is 0.0526 e. The predicted octanol–water partition coefficient (Wildman–Crippen LogP) is 8.72. The first-order valence-electron chi connectivity index (χ1n) is 12.1. The maximum absolute atomic E-state index is 2.39. The first-order valence-corrected chi connectivity index (χ1v) is 12.1. The van der Waals surface area contributed by atoms with Gasteiger partial charge in [-0.05, 0) is 32.5 Å². The Balaban J connectivity index is 1.94. The molecule has 1 rings (SSSR count). The zero-order chi connectivity index (χ0) is 20.3. The lowest BCUT2D eigenvalue weighted by molar-refractivity contribution is 0.350. The van der Waals surface area contributed by atoms with Crippen LogP contribution in [0.25, 0.3) is 0 Å². The molecule has 28 heavy (non-hydrogen) atoms. The highest BCUT2D eigenvalue weighted by Crippen LogP contribution is 2.20. The molecule has 0 aliphatic carbocycles. The number of hydrogen-bond donors (Lipinski definition) is 0. The zero-order valence-electron chi connectivity index (χ0n) is 19.2. The van der Waals surface area contributed by atoms with E-state index in [4.69, 9.17) is 0 Å². The van der Waals surface area contributed by atoms with Gasteiger partial charge < -0.3 is 0 Å². The molecular formula is C27H47N. The van der Waals surface area contributed by atoms with E-state index in [2.05, 4.69) is 68.4 Å². The minimum Gasteiger partial charge on any atom is -0.299 e. The van der Waals surface area contributed by atoms with Crippen molar-refractivity contribution in [3.63, 3.8) is 0 Å². The molecule has 0 heterocycles. The Bertz CT molecular complexity index is 462. The second-order valence-corrected chi connectivity index (χ2v) is 8.63. The van der Waals surface area contributed by atoms with Gasteiger partial charge in [-0.3, -0.25) is 4.90 Å². The highest BCUT2D eigenvalue weighted by atomic mass is 15.1. The topological polar surface area (TPSA) is 3.24 Å². The van der Waals surface area contributed by atoms with Crippen LogP contribution in [0.2, 0.25) is 0 Å². The molecule has 0 saturated heterocycles. The lowest BCUT2D eigenvalue weighted by Crippen LogP contribution is -2.17. The minimum absolute atomic E-state index is 0.396. The Labute approximate surface area is 176 Å². The molecule has 1 unspecified atom stereocenters. The Kier molecular flexibility index (Phi) is 16.0. The lowest BCUT2D eigenvalue weighted by atomic mass is 10.0. The Hall–Kier alpha value is -1.08. The third-order valence-corrected chi connectivity index (χ3v) is 5.74. The van der Waals surface area contributed by atoms with Gasteiger partial charge in [-0.2, -0.15) is 0 Å². The van der Waals surface area contributed by atoms with Crippen molar-refractivity contribution in [2.75, 3.05) is 14.1 Å². The van der Waals surface area contributed by atoms with Gasteiger partial charge in [-0.15, -0.1) is 0 Å². The monoisotopic (exact) mass is 385 g/mol. The molecule has 0 aliphatic rings. The van der Waals surface area contributed by atoms with Crippen molar-refractivity contribution >= 4 is 0 Å². The molecule has 0 aromatic heterocycles. The average Bonchev–Trinajstić information content (AvgIpc) is 2.70. The molecule has 1 heteroatoms. The van der Waals surface area contributed by atoms with Gasteiger partial charge in [0.15, 0.2) is 0 Å². The molecule has 0 aliphatic heterocycles. The summed E-state index contributed by atoms with van der Waals surface area (Å²) in [5.74, 6) is 0. The fourth-order valence-corrected chi connectivity index (χ4v) is 3.91. The maximum atomic E-state index is 2.39. The molecule has 0 amide bonds. The number of unbranched alkanes of at least 4 members (excludes halogenated alkanes) is 14. The van der Waals surface area contributed by atoms with Gasteiger partial charge in [0.1, 0.15) is 0 Å². The fraction of sp³-hybridized carbons (Fsp3) is 0.704. The van der Waals surface area contributed by atoms with E-state index in [9.17, 15) is 0 Å². The van der Waals surface area contributed by atoms with E-state index in [-0.39, 0.29) is 0 Å². The average molecular weight is 386 g/mol. The molecule has 1 atom stereocenters. The van der Waals surface area contributed by atoms with Crippen molar-refractivity contribution in [1.29, 1.82) is 0 Å². The summed E-state index contributed by atoms with van der Waals surface area (Å²) >= 11 is 0. The summed E-state index contributed by atoms with van der Waals surface area (Å²) in [5.41, 5.74) is 1.38. The lowest BCUT2D eigenvalue weighted by Gasteiger charge is -2.21. The SMILES string of the molecule is CCCCCCCCCCCCCCCCC=CC(c1ccccc1)N(C)C.